The van der Waals surface area contributed by atoms with Crippen LogP contribution in [-0.2, 0) is 0 Å². The minimum atomic E-state index is 1.12. The SMILES string of the molecule is Cc1cc(C)cc(N(c2ccc(-c3ccc(/C=C/c4ccc(N(c5ccccc5)c5ccccc5)cc4)cc3)cc2)c2cccc3ccccc23)c1. The molecule has 0 radical (unpaired) electrons. The molecule has 8 aromatic rings. The molecule has 0 aliphatic rings. The van der Waals surface area contributed by atoms with E-state index in [1.807, 2.05) is 0 Å². The summed E-state index contributed by atoms with van der Waals surface area (Å²) in [6.07, 6.45) is 4.36. The highest BCUT2D eigenvalue weighted by molar-refractivity contribution is 5.99. The number of hydrogen-bond donors (Lipinski definition) is 0. The van der Waals surface area contributed by atoms with E-state index in [4.69, 9.17) is 0 Å². The van der Waals surface area contributed by atoms with E-state index in [1.165, 1.54) is 38.7 Å². The van der Waals surface area contributed by atoms with Gasteiger partial charge >= 0.3 is 0 Å². The smallest absolute Gasteiger partial charge is 0.0540 e. The van der Waals surface area contributed by atoms with Gasteiger partial charge in [-0.3, -0.25) is 0 Å². The van der Waals surface area contributed by atoms with Crippen molar-refractivity contribution in [2.24, 2.45) is 0 Å². The number of hydrogen-bond acceptors (Lipinski definition) is 2. The molecule has 0 saturated carbocycles. The Morgan fingerprint density at radius 2 is 0.788 bits per heavy atom. The maximum atomic E-state index is 2.38. The topological polar surface area (TPSA) is 6.48 Å². The molecule has 0 aromatic heterocycles. The average Bonchev–Trinajstić information content (AvgIpc) is 3.19. The normalized spacial score (nSPS) is 11.2. The summed E-state index contributed by atoms with van der Waals surface area (Å²) in [5.74, 6) is 0. The van der Waals surface area contributed by atoms with E-state index in [0.29, 0.717) is 0 Å². The highest BCUT2D eigenvalue weighted by Gasteiger charge is 2.16. The van der Waals surface area contributed by atoms with E-state index in [0.717, 1.165) is 39.6 Å². The molecular formula is C50H40N2. The van der Waals surface area contributed by atoms with Gasteiger partial charge in [0.2, 0.25) is 0 Å². The van der Waals surface area contributed by atoms with E-state index in [-0.39, 0.29) is 0 Å². The van der Waals surface area contributed by atoms with Crippen molar-refractivity contribution in [1.82, 2.24) is 0 Å². The number of para-hydroxylation sites is 2. The van der Waals surface area contributed by atoms with Gasteiger partial charge in [0.1, 0.15) is 0 Å². The Hall–Kier alpha value is -6.64. The molecule has 8 aromatic carbocycles. The van der Waals surface area contributed by atoms with Crippen LogP contribution < -0.4 is 9.80 Å². The van der Waals surface area contributed by atoms with Crippen molar-refractivity contribution in [1.29, 1.82) is 0 Å². The fraction of sp³-hybridized carbons (Fsp3) is 0.0400. The Balaban J connectivity index is 1.02. The van der Waals surface area contributed by atoms with Crippen molar-refractivity contribution in [3.63, 3.8) is 0 Å². The van der Waals surface area contributed by atoms with Crippen molar-refractivity contribution in [3.8, 4) is 11.1 Å². The van der Waals surface area contributed by atoms with Crippen molar-refractivity contribution in [2.75, 3.05) is 9.80 Å². The first-order valence-electron chi connectivity index (χ1n) is 17.8. The Morgan fingerprint density at radius 1 is 0.346 bits per heavy atom. The van der Waals surface area contributed by atoms with Gasteiger partial charge in [-0.2, -0.15) is 0 Å². The summed E-state index contributed by atoms with van der Waals surface area (Å²) in [4.78, 5) is 4.66. The molecule has 0 N–H and O–H groups in total. The number of aryl methyl sites for hydroxylation is 2. The lowest BCUT2D eigenvalue weighted by Crippen LogP contribution is -2.11. The summed E-state index contributed by atoms with van der Waals surface area (Å²) in [5, 5.41) is 2.46. The molecule has 0 heterocycles. The molecule has 8 rings (SSSR count). The van der Waals surface area contributed by atoms with E-state index in [2.05, 4.69) is 230 Å². The lowest BCUT2D eigenvalue weighted by molar-refractivity contribution is 1.26. The number of anilines is 6. The van der Waals surface area contributed by atoms with Crippen LogP contribution in [0, 0.1) is 13.8 Å². The molecule has 0 aliphatic heterocycles. The van der Waals surface area contributed by atoms with E-state index in [9.17, 15) is 0 Å². The van der Waals surface area contributed by atoms with E-state index in [1.54, 1.807) is 0 Å². The Labute approximate surface area is 307 Å². The van der Waals surface area contributed by atoms with Gasteiger partial charge < -0.3 is 9.80 Å². The van der Waals surface area contributed by atoms with Crippen LogP contribution >= 0.6 is 0 Å². The first kappa shape index (κ1) is 32.6. The predicted octanol–water partition coefficient (Wildman–Crippen LogP) is 14.2. The molecule has 0 aliphatic carbocycles. The zero-order valence-corrected chi connectivity index (χ0v) is 29.5. The van der Waals surface area contributed by atoms with Crippen LogP contribution in [0.4, 0.5) is 34.1 Å². The molecule has 0 saturated heterocycles. The van der Waals surface area contributed by atoms with Crippen molar-refractivity contribution in [2.45, 2.75) is 13.8 Å². The highest BCUT2D eigenvalue weighted by Crippen LogP contribution is 2.40. The minimum Gasteiger partial charge on any atom is -0.311 e. The van der Waals surface area contributed by atoms with Gasteiger partial charge in [-0.25, -0.2) is 0 Å². The van der Waals surface area contributed by atoms with Crippen molar-refractivity contribution >= 4 is 57.0 Å². The standard InChI is InChI=1S/C50H40N2/c1-37-34-38(2)36-48(35-37)52(50-19-11-13-43-12-9-10-18-49(43)50)47-32-28-42(29-33-47)41-26-22-39(23-27-41)20-21-40-24-30-46(31-25-40)51(44-14-5-3-6-15-44)45-16-7-4-8-17-45/h3-36H,1-2H3/b21-20+. The molecule has 0 atom stereocenters. The fourth-order valence-electron chi connectivity index (χ4n) is 7.03. The van der Waals surface area contributed by atoms with Gasteiger partial charge in [-0.1, -0.05) is 140 Å². The number of rotatable bonds is 9. The molecule has 0 unspecified atom stereocenters. The highest BCUT2D eigenvalue weighted by atomic mass is 15.1. The largest absolute Gasteiger partial charge is 0.311 e. The lowest BCUT2D eigenvalue weighted by Gasteiger charge is -2.27. The maximum Gasteiger partial charge on any atom is 0.0540 e. The first-order valence-corrected chi connectivity index (χ1v) is 17.8. The summed E-state index contributed by atoms with van der Waals surface area (Å²) in [7, 11) is 0. The number of benzene rings is 8. The molecule has 250 valence electrons. The number of nitrogens with zero attached hydrogens (tertiary/aromatic N) is 2. The third-order valence-electron chi connectivity index (χ3n) is 9.49. The molecule has 2 heteroatoms. The average molecular weight is 669 g/mol. The molecule has 0 spiro atoms. The van der Waals surface area contributed by atoms with Crippen LogP contribution in [0.5, 0.6) is 0 Å². The van der Waals surface area contributed by atoms with Crippen molar-refractivity contribution < 1.29 is 0 Å². The Bertz CT molecular complexity index is 2380. The molecule has 0 amide bonds. The zero-order chi connectivity index (χ0) is 35.3. The second-order valence-electron chi connectivity index (χ2n) is 13.3. The van der Waals surface area contributed by atoms with Gasteiger partial charge in [0.05, 0.1) is 5.69 Å². The minimum absolute atomic E-state index is 1.12. The van der Waals surface area contributed by atoms with Crippen LogP contribution in [0.2, 0.25) is 0 Å². The van der Waals surface area contributed by atoms with Gasteiger partial charge in [-0.05, 0) is 119 Å². The molecule has 0 fully saturated rings. The molecule has 0 bridgehead atoms. The second kappa shape index (κ2) is 14.7. The van der Waals surface area contributed by atoms with Crippen LogP contribution in [0.1, 0.15) is 22.3 Å². The van der Waals surface area contributed by atoms with E-state index < -0.39 is 0 Å². The Kier molecular flexibility index (Phi) is 9.19. The van der Waals surface area contributed by atoms with E-state index >= 15 is 0 Å². The van der Waals surface area contributed by atoms with Gasteiger partial charge in [-0.15, -0.1) is 0 Å². The molecule has 52 heavy (non-hydrogen) atoms. The summed E-state index contributed by atoms with van der Waals surface area (Å²) < 4.78 is 0. The lowest BCUT2D eigenvalue weighted by atomic mass is 10.0. The zero-order valence-electron chi connectivity index (χ0n) is 29.5. The van der Waals surface area contributed by atoms with Crippen LogP contribution in [0.15, 0.2) is 194 Å². The van der Waals surface area contributed by atoms with Crippen molar-refractivity contribution in [3.05, 3.63) is 216 Å². The third kappa shape index (κ3) is 7.01. The van der Waals surface area contributed by atoms with Crippen LogP contribution in [0.3, 0.4) is 0 Å². The van der Waals surface area contributed by atoms with Gasteiger partial charge in [0.15, 0.2) is 0 Å². The van der Waals surface area contributed by atoms with Crippen LogP contribution in [0.25, 0.3) is 34.1 Å². The second-order valence-corrected chi connectivity index (χ2v) is 13.3. The maximum absolute atomic E-state index is 2.38. The summed E-state index contributed by atoms with van der Waals surface area (Å²) in [5.41, 5.74) is 14.1. The fourth-order valence-corrected chi connectivity index (χ4v) is 7.03. The Morgan fingerprint density at radius 3 is 1.38 bits per heavy atom. The summed E-state index contributed by atoms with van der Waals surface area (Å²) in [6.45, 7) is 4.34. The molecule has 2 nitrogen and oxygen atoms in total. The van der Waals surface area contributed by atoms with Gasteiger partial charge in [0, 0.05) is 33.8 Å². The predicted molar refractivity (Wildman–Crippen MR) is 224 cm³/mol. The summed E-state index contributed by atoms with van der Waals surface area (Å²) >= 11 is 0. The quantitative estimate of drug-likeness (QED) is 0.141. The monoisotopic (exact) mass is 668 g/mol. The summed E-state index contributed by atoms with van der Waals surface area (Å²) in [6, 6.07) is 69.4. The number of fused-ring (bicyclic) bond motifs is 1. The molecular weight excluding hydrogens is 629 g/mol. The van der Waals surface area contributed by atoms with Crippen LogP contribution in [-0.4, -0.2) is 0 Å². The third-order valence-corrected chi connectivity index (χ3v) is 9.49. The van der Waals surface area contributed by atoms with Gasteiger partial charge in [0.25, 0.3) is 0 Å². The first-order chi connectivity index (χ1) is 25.6.